The summed E-state index contributed by atoms with van der Waals surface area (Å²) in [6.07, 6.45) is 0.815. The molecule has 4 nitrogen and oxygen atoms in total. The van der Waals surface area contributed by atoms with Crippen molar-refractivity contribution in [3.8, 4) is 0 Å². The van der Waals surface area contributed by atoms with E-state index in [0.717, 1.165) is 10.9 Å². The second kappa shape index (κ2) is 9.31. The maximum Gasteiger partial charge on any atom is 0.241 e. The van der Waals surface area contributed by atoms with Crippen LogP contribution in [0.1, 0.15) is 5.56 Å². The lowest BCUT2D eigenvalue weighted by atomic mass is 10.1. The molecule has 0 aliphatic rings. The number of carbonyl (C=O) groups excluding carboxylic acids is 1. The molecule has 0 aliphatic heterocycles. The maximum atomic E-state index is 11.8. The zero-order valence-electron chi connectivity index (χ0n) is 11.1. The fraction of sp³-hybridized carbons (Fsp3) is 0.462. The van der Waals surface area contributed by atoms with E-state index in [2.05, 4.69) is 15.9 Å². The number of hydrogen-bond donors (Lipinski definition) is 1. The Morgan fingerprint density at radius 2 is 2.00 bits per heavy atom. The molecule has 1 aromatic rings. The van der Waals surface area contributed by atoms with E-state index >= 15 is 0 Å². The fourth-order valence-corrected chi connectivity index (χ4v) is 1.86. The lowest BCUT2D eigenvalue weighted by Crippen LogP contribution is -2.45. The summed E-state index contributed by atoms with van der Waals surface area (Å²) in [5.41, 5.74) is 6.89. The van der Waals surface area contributed by atoms with Crippen molar-refractivity contribution in [3.05, 3.63) is 34.3 Å². The van der Waals surface area contributed by atoms with E-state index in [1.807, 2.05) is 24.3 Å². The Bertz CT molecular complexity index is 387. The molecule has 1 unspecified atom stereocenters. The lowest BCUT2D eigenvalue weighted by molar-refractivity contribution is -0.132. The van der Waals surface area contributed by atoms with Crippen molar-refractivity contribution in [2.24, 2.45) is 5.73 Å². The third-order valence-electron chi connectivity index (χ3n) is 2.69. The first-order valence-corrected chi connectivity index (χ1v) is 6.58. The van der Waals surface area contributed by atoms with E-state index in [4.69, 9.17) is 10.5 Å². The number of nitrogens with two attached hydrogens (primary N) is 1. The Morgan fingerprint density at radius 3 is 2.53 bits per heavy atom. The van der Waals surface area contributed by atoms with E-state index < -0.39 is 6.04 Å². The van der Waals surface area contributed by atoms with Gasteiger partial charge in [0.05, 0.1) is 6.61 Å². The van der Waals surface area contributed by atoms with Gasteiger partial charge < -0.3 is 15.4 Å². The number of benzene rings is 1. The molecule has 2 N–H and O–H groups in total. The highest BCUT2D eigenvalue weighted by Crippen LogP contribution is 2.11. The maximum absolute atomic E-state index is 11.8. The van der Waals surface area contributed by atoms with E-state index in [9.17, 15) is 4.79 Å². The van der Waals surface area contributed by atoms with Crippen molar-refractivity contribution in [3.63, 3.8) is 0 Å². The van der Waals surface area contributed by atoms with Gasteiger partial charge in [0.15, 0.2) is 0 Å². The van der Waals surface area contributed by atoms with Gasteiger partial charge in [-0.05, 0) is 24.1 Å². The molecule has 0 aromatic heterocycles. The van der Waals surface area contributed by atoms with Crippen LogP contribution in [0.5, 0.6) is 0 Å². The lowest BCUT2D eigenvalue weighted by Gasteiger charge is -2.20. The van der Waals surface area contributed by atoms with Crippen LogP contribution in [-0.2, 0) is 16.0 Å². The molecule has 0 saturated heterocycles. The first-order valence-electron chi connectivity index (χ1n) is 5.78. The fourth-order valence-electron chi connectivity index (χ4n) is 1.59. The topological polar surface area (TPSA) is 55.6 Å². The molecule has 108 valence electrons. The molecule has 1 atom stereocenters. The van der Waals surface area contributed by atoms with Gasteiger partial charge in [0.1, 0.15) is 6.04 Å². The normalized spacial score (nSPS) is 11.6. The quantitative estimate of drug-likeness (QED) is 0.851. The van der Waals surface area contributed by atoms with Gasteiger partial charge in [0.25, 0.3) is 0 Å². The van der Waals surface area contributed by atoms with Crippen LogP contribution in [0.15, 0.2) is 28.7 Å². The van der Waals surface area contributed by atoms with Crippen molar-refractivity contribution in [2.75, 3.05) is 27.3 Å². The van der Waals surface area contributed by atoms with Gasteiger partial charge in [-0.1, -0.05) is 28.1 Å². The average molecular weight is 352 g/mol. The number of halogens is 2. The summed E-state index contributed by atoms with van der Waals surface area (Å²) in [5, 5.41) is 0. The molecule has 0 radical (unpaired) electrons. The highest BCUT2D eigenvalue weighted by molar-refractivity contribution is 9.10. The number of carbonyl (C=O) groups is 1. The number of likely N-dealkylation sites (N-methyl/N-ethyl adjacent to an activating group) is 1. The Hall–Kier alpha value is -0.620. The molecule has 1 aromatic carbocycles. The van der Waals surface area contributed by atoms with Gasteiger partial charge in [-0.3, -0.25) is 4.79 Å². The number of nitrogens with zero attached hydrogens (tertiary/aromatic N) is 1. The predicted molar refractivity (Wildman–Crippen MR) is 82.6 cm³/mol. The monoisotopic (exact) mass is 350 g/mol. The van der Waals surface area contributed by atoms with Gasteiger partial charge in [-0.15, -0.1) is 12.4 Å². The molecular weight excluding hydrogens is 332 g/mol. The highest BCUT2D eigenvalue weighted by Gasteiger charge is 2.17. The van der Waals surface area contributed by atoms with Crippen LogP contribution in [0.2, 0.25) is 0 Å². The van der Waals surface area contributed by atoms with Crippen molar-refractivity contribution in [1.82, 2.24) is 4.90 Å². The largest absolute Gasteiger partial charge is 0.383 e. The number of methoxy groups -OCH3 is 1. The van der Waals surface area contributed by atoms with Gasteiger partial charge in [-0.2, -0.15) is 0 Å². The van der Waals surface area contributed by atoms with Crippen LogP contribution < -0.4 is 5.73 Å². The first kappa shape index (κ1) is 18.4. The summed E-state index contributed by atoms with van der Waals surface area (Å²) in [7, 11) is 3.30. The van der Waals surface area contributed by atoms with E-state index in [1.165, 1.54) is 12.7 Å². The molecule has 6 heteroatoms. The van der Waals surface area contributed by atoms with E-state index in [0.29, 0.717) is 6.54 Å². The minimum Gasteiger partial charge on any atom is -0.383 e. The van der Waals surface area contributed by atoms with Crippen LogP contribution in [0.4, 0.5) is 0 Å². The second-order valence-corrected chi connectivity index (χ2v) is 5.11. The summed E-state index contributed by atoms with van der Waals surface area (Å²) in [4.78, 5) is 13.5. The minimum absolute atomic E-state index is 0. The highest BCUT2D eigenvalue weighted by atomic mass is 79.9. The second-order valence-electron chi connectivity index (χ2n) is 4.20. The van der Waals surface area contributed by atoms with Gasteiger partial charge in [0.2, 0.25) is 5.91 Å². The van der Waals surface area contributed by atoms with E-state index in [-0.39, 0.29) is 24.9 Å². The summed E-state index contributed by atoms with van der Waals surface area (Å²) >= 11 is 3.39. The van der Waals surface area contributed by atoms with Crippen LogP contribution in [0.3, 0.4) is 0 Å². The number of ether oxygens (including phenoxy) is 1. The van der Waals surface area contributed by atoms with E-state index in [1.54, 1.807) is 11.9 Å². The van der Waals surface area contributed by atoms with Crippen molar-refractivity contribution in [2.45, 2.75) is 12.5 Å². The van der Waals surface area contributed by atoms with Gasteiger partial charge in [0, 0.05) is 25.2 Å². The number of rotatable bonds is 6. The summed E-state index contributed by atoms with van der Waals surface area (Å²) < 4.78 is 5.93. The molecular formula is C13H20BrClN2O2. The van der Waals surface area contributed by atoms with Crippen molar-refractivity contribution >= 4 is 34.2 Å². The molecule has 19 heavy (non-hydrogen) atoms. The molecule has 1 amide bonds. The zero-order chi connectivity index (χ0) is 13.5. The van der Waals surface area contributed by atoms with Crippen molar-refractivity contribution in [1.29, 1.82) is 0 Å². The standard InChI is InChI=1S/C13H19BrN2O2.ClH/c1-16(13(17)12(15)9-18-2)8-7-10-3-5-11(14)6-4-10;/h3-6,12H,7-9,15H2,1-2H3;1H. The molecule has 0 heterocycles. The summed E-state index contributed by atoms with van der Waals surface area (Å²) in [6, 6.07) is 7.49. The molecule has 0 aliphatic carbocycles. The van der Waals surface area contributed by atoms with Crippen LogP contribution >= 0.6 is 28.3 Å². The Kier molecular flexibility index (Phi) is 9.01. The van der Waals surface area contributed by atoms with Gasteiger partial charge >= 0.3 is 0 Å². The molecule has 1 rings (SSSR count). The molecule has 0 bridgehead atoms. The Balaban J connectivity index is 0.00000324. The van der Waals surface area contributed by atoms with Crippen LogP contribution in [0.25, 0.3) is 0 Å². The summed E-state index contributed by atoms with van der Waals surface area (Å²) in [6.45, 7) is 0.902. The average Bonchev–Trinajstić information content (AvgIpc) is 2.37. The summed E-state index contributed by atoms with van der Waals surface area (Å²) in [5.74, 6) is -0.0889. The first-order chi connectivity index (χ1) is 8.54. The zero-order valence-corrected chi connectivity index (χ0v) is 13.5. The van der Waals surface area contributed by atoms with Gasteiger partial charge in [-0.25, -0.2) is 0 Å². The SMILES string of the molecule is COCC(N)C(=O)N(C)CCc1ccc(Br)cc1.Cl. The Morgan fingerprint density at radius 1 is 1.42 bits per heavy atom. The number of hydrogen-bond acceptors (Lipinski definition) is 3. The van der Waals surface area contributed by atoms with Crippen molar-refractivity contribution < 1.29 is 9.53 Å². The van der Waals surface area contributed by atoms with Crippen LogP contribution in [0, 0.1) is 0 Å². The minimum atomic E-state index is -0.579. The molecule has 0 fully saturated rings. The van der Waals surface area contributed by atoms with Crippen LogP contribution in [-0.4, -0.2) is 44.2 Å². The Labute approximate surface area is 128 Å². The number of amides is 1. The smallest absolute Gasteiger partial charge is 0.241 e. The molecule has 0 spiro atoms. The third kappa shape index (κ3) is 6.38. The third-order valence-corrected chi connectivity index (χ3v) is 3.22. The predicted octanol–water partition coefficient (Wildman–Crippen LogP) is 1.85. The molecule has 0 saturated carbocycles.